The van der Waals surface area contributed by atoms with E-state index in [9.17, 15) is 0 Å². The van der Waals surface area contributed by atoms with Gasteiger partial charge >= 0.3 is 0 Å². The van der Waals surface area contributed by atoms with Gasteiger partial charge in [0.25, 0.3) is 0 Å². The minimum absolute atomic E-state index is 1.20. The lowest BCUT2D eigenvalue weighted by Crippen LogP contribution is -1.78. The summed E-state index contributed by atoms with van der Waals surface area (Å²) in [6.07, 6.45) is 0. The van der Waals surface area contributed by atoms with E-state index in [0.717, 1.165) is 0 Å². The van der Waals surface area contributed by atoms with Crippen molar-refractivity contribution in [3.63, 3.8) is 0 Å². The summed E-state index contributed by atoms with van der Waals surface area (Å²) in [5.41, 5.74) is 4.98. The zero-order valence-corrected chi connectivity index (χ0v) is 12.7. The Hall–Kier alpha value is -2.58. The molecule has 3 aromatic carbocycles. The molecule has 0 spiro atoms. The van der Waals surface area contributed by atoms with Crippen LogP contribution in [0.15, 0.2) is 72.1 Å². The normalized spacial score (nSPS) is 11.6. The van der Waals surface area contributed by atoms with E-state index in [-0.39, 0.29) is 0 Å². The number of benzene rings is 3. The van der Waals surface area contributed by atoms with Gasteiger partial charge in [-0.25, -0.2) is 0 Å². The maximum Gasteiger partial charge on any atom is 0.0471 e. The minimum Gasteiger partial charge on any atom is -0.354 e. The second kappa shape index (κ2) is 4.46. The molecular weight excluding hydrogens is 286 g/mol. The molecule has 0 aliphatic heterocycles. The van der Waals surface area contributed by atoms with Gasteiger partial charge in [-0.05, 0) is 40.1 Å². The first-order chi connectivity index (χ1) is 10.9. The van der Waals surface area contributed by atoms with Gasteiger partial charge in [0, 0.05) is 26.5 Å². The van der Waals surface area contributed by atoms with Crippen LogP contribution < -0.4 is 0 Å². The highest BCUT2D eigenvalue weighted by Crippen LogP contribution is 2.35. The van der Waals surface area contributed by atoms with Gasteiger partial charge in [-0.15, -0.1) is 11.3 Å². The maximum atomic E-state index is 3.53. The van der Waals surface area contributed by atoms with E-state index in [1.807, 2.05) is 11.3 Å². The first kappa shape index (κ1) is 12.0. The Morgan fingerprint density at radius 1 is 0.727 bits per heavy atom. The Labute approximate surface area is 131 Å². The zero-order chi connectivity index (χ0) is 14.5. The highest BCUT2D eigenvalue weighted by atomic mass is 32.1. The summed E-state index contributed by atoms with van der Waals surface area (Å²) >= 11 is 1.81. The molecule has 0 amide bonds. The number of thiophene rings is 1. The third-order valence-electron chi connectivity index (χ3n) is 4.30. The SMILES string of the molecule is c1cc(-c2ccc3c(c2)[nH]c2ccccc23)c2sccc2c1. The van der Waals surface area contributed by atoms with Crippen molar-refractivity contribution < 1.29 is 0 Å². The number of nitrogens with one attached hydrogen (secondary N) is 1. The van der Waals surface area contributed by atoms with E-state index in [1.165, 1.54) is 43.0 Å². The monoisotopic (exact) mass is 299 g/mol. The second-order valence-electron chi connectivity index (χ2n) is 5.58. The first-order valence-electron chi connectivity index (χ1n) is 7.37. The second-order valence-corrected chi connectivity index (χ2v) is 6.49. The van der Waals surface area contributed by atoms with Gasteiger partial charge in [-0.3, -0.25) is 0 Å². The molecule has 0 saturated heterocycles. The van der Waals surface area contributed by atoms with Gasteiger partial charge in [-0.2, -0.15) is 0 Å². The van der Waals surface area contributed by atoms with Crippen LogP contribution in [0.3, 0.4) is 0 Å². The fourth-order valence-corrected chi connectivity index (χ4v) is 4.18. The van der Waals surface area contributed by atoms with E-state index in [1.54, 1.807) is 0 Å². The van der Waals surface area contributed by atoms with Crippen LogP contribution in [0.2, 0.25) is 0 Å². The van der Waals surface area contributed by atoms with Crippen molar-refractivity contribution in [2.24, 2.45) is 0 Å². The number of hydrogen-bond donors (Lipinski definition) is 1. The quantitative estimate of drug-likeness (QED) is 0.379. The molecule has 0 atom stereocenters. The van der Waals surface area contributed by atoms with E-state index >= 15 is 0 Å². The molecule has 5 rings (SSSR count). The number of aromatic amines is 1. The van der Waals surface area contributed by atoms with E-state index < -0.39 is 0 Å². The fourth-order valence-electron chi connectivity index (χ4n) is 3.24. The van der Waals surface area contributed by atoms with E-state index in [2.05, 4.69) is 77.1 Å². The largest absolute Gasteiger partial charge is 0.354 e. The average Bonchev–Trinajstić information content (AvgIpc) is 3.18. The van der Waals surface area contributed by atoms with Gasteiger partial charge in [0.1, 0.15) is 0 Å². The molecule has 0 aliphatic carbocycles. The third kappa shape index (κ3) is 1.65. The fraction of sp³-hybridized carbons (Fsp3) is 0. The number of rotatable bonds is 1. The molecule has 0 radical (unpaired) electrons. The number of para-hydroxylation sites is 1. The molecule has 0 fully saturated rings. The van der Waals surface area contributed by atoms with E-state index in [0.29, 0.717) is 0 Å². The zero-order valence-electron chi connectivity index (χ0n) is 11.8. The van der Waals surface area contributed by atoms with Gasteiger partial charge in [-0.1, -0.05) is 48.5 Å². The van der Waals surface area contributed by atoms with Crippen LogP contribution in [0.1, 0.15) is 0 Å². The maximum absolute atomic E-state index is 3.53. The Balaban J connectivity index is 1.82. The predicted octanol–water partition coefficient (Wildman–Crippen LogP) is 6.20. The Kier molecular flexibility index (Phi) is 2.43. The molecule has 0 bridgehead atoms. The molecule has 2 aromatic heterocycles. The number of fused-ring (bicyclic) bond motifs is 4. The van der Waals surface area contributed by atoms with Crippen molar-refractivity contribution in [3.05, 3.63) is 72.1 Å². The van der Waals surface area contributed by atoms with Crippen molar-refractivity contribution in [1.82, 2.24) is 4.98 Å². The standard InChI is InChI=1S/C20H13NS/c1-2-7-18-16(5-1)17-9-8-14(12-19(17)21-18)15-6-3-4-13-10-11-22-20(13)15/h1-12,21H. The Morgan fingerprint density at radius 2 is 1.64 bits per heavy atom. The Morgan fingerprint density at radius 3 is 2.64 bits per heavy atom. The highest BCUT2D eigenvalue weighted by molar-refractivity contribution is 7.17. The summed E-state index contributed by atoms with van der Waals surface area (Å²) in [4.78, 5) is 3.53. The molecule has 22 heavy (non-hydrogen) atoms. The predicted molar refractivity (Wildman–Crippen MR) is 96.6 cm³/mol. The highest BCUT2D eigenvalue weighted by Gasteiger charge is 2.08. The number of hydrogen-bond acceptors (Lipinski definition) is 1. The molecule has 104 valence electrons. The van der Waals surface area contributed by atoms with Crippen LogP contribution in [-0.4, -0.2) is 4.98 Å². The summed E-state index contributed by atoms with van der Waals surface area (Å²) in [5, 5.41) is 6.06. The summed E-state index contributed by atoms with van der Waals surface area (Å²) < 4.78 is 1.36. The van der Waals surface area contributed by atoms with Crippen molar-refractivity contribution in [1.29, 1.82) is 0 Å². The molecule has 2 heterocycles. The van der Waals surface area contributed by atoms with Crippen molar-refractivity contribution in [2.45, 2.75) is 0 Å². The summed E-state index contributed by atoms with van der Waals surface area (Å²) in [6, 6.07) is 23.9. The first-order valence-corrected chi connectivity index (χ1v) is 8.25. The number of H-pyrrole nitrogens is 1. The van der Waals surface area contributed by atoms with Gasteiger partial charge in [0.2, 0.25) is 0 Å². The lowest BCUT2D eigenvalue weighted by molar-refractivity contribution is 1.54. The van der Waals surface area contributed by atoms with Gasteiger partial charge in [0.05, 0.1) is 0 Å². The number of aromatic nitrogens is 1. The van der Waals surface area contributed by atoms with Crippen LogP contribution in [0, 0.1) is 0 Å². The molecule has 1 nitrogen and oxygen atoms in total. The smallest absolute Gasteiger partial charge is 0.0471 e. The van der Waals surface area contributed by atoms with Crippen LogP contribution in [0.5, 0.6) is 0 Å². The van der Waals surface area contributed by atoms with Crippen LogP contribution in [0.25, 0.3) is 43.0 Å². The summed E-state index contributed by atoms with van der Waals surface area (Å²) in [7, 11) is 0. The Bertz CT molecular complexity index is 1130. The van der Waals surface area contributed by atoms with Crippen molar-refractivity contribution in [3.8, 4) is 11.1 Å². The molecular formula is C20H13NS. The lowest BCUT2D eigenvalue weighted by atomic mass is 10.0. The molecule has 1 N–H and O–H groups in total. The molecule has 0 unspecified atom stereocenters. The van der Waals surface area contributed by atoms with Gasteiger partial charge in [0.15, 0.2) is 0 Å². The van der Waals surface area contributed by atoms with E-state index in [4.69, 9.17) is 0 Å². The van der Waals surface area contributed by atoms with Crippen LogP contribution in [0.4, 0.5) is 0 Å². The topological polar surface area (TPSA) is 15.8 Å². The third-order valence-corrected chi connectivity index (χ3v) is 5.26. The van der Waals surface area contributed by atoms with Crippen LogP contribution in [-0.2, 0) is 0 Å². The van der Waals surface area contributed by atoms with Crippen LogP contribution >= 0.6 is 11.3 Å². The lowest BCUT2D eigenvalue weighted by Gasteiger charge is -2.04. The average molecular weight is 299 g/mol. The summed E-state index contributed by atoms with van der Waals surface area (Å²) in [6.45, 7) is 0. The van der Waals surface area contributed by atoms with Crippen molar-refractivity contribution >= 4 is 43.2 Å². The summed E-state index contributed by atoms with van der Waals surface area (Å²) in [5.74, 6) is 0. The van der Waals surface area contributed by atoms with Crippen molar-refractivity contribution in [2.75, 3.05) is 0 Å². The minimum atomic E-state index is 1.20. The van der Waals surface area contributed by atoms with Gasteiger partial charge < -0.3 is 4.98 Å². The molecule has 0 saturated carbocycles. The molecule has 2 heteroatoms. The molecule has 5 aromatic rings. The molecule has 0 aliphatic rings.